The maximum Gasteiger partial charge on any atom is 0.191 e. The first-order valence-corrected chi connectivity index (χ1v) is 10.0. The van der Waals surface area contributed by atoms with E-state index in [1.807, 2.05) is 24.0 Å². The minimum atomic E-state index is 0. The standard InChI is InChI=1S/C21H32N6.HI/c1-18-9-15-26(16-10-18)13-3-11-23-21(22-2)24-17-19-5-7-20(8-6-19)27-14-4-12-25-27;/h4-8,12,14,18H,3,9-11,13,15-17H2,1-2H3,(H2,22,23,24);1H. The van der Waals surface area contributed by atoms with E-state index >= 15 is 0 Å². The Balaban J connectivity index is 0.00000280. The van der Waals surface area contributed by atoms with Gasteiger partial charge in [0.1, 0.15) is 0 Å². The first-order valence-electron chi connectivity index (χ1n) is 10.0. The smallest absolute Gasteiger partial charge is 0.191 e. The molecule has 0 unspecified atom stereocenters. The van der Waals surface area contributed by atoms with E-state index in [1.165, 1.54) is 38.0 Å². The third-order valence-corrected chi connectivity index (χ3v) is 5.21. The number of likely N-dealkylation sites (tertiary alicyclic amines) is 1. The summed E-state index contributed by atoms with van der Waals surface area (Å²) in [5, 5.41) is 11.1. The summed E-state index contributed by atoms with van der Waals surface area (Å²) >= 11 is 0. The van der Waals surface area contributed by atoms with Crippen molar-refractivity contribution in [3.8, 4) is 5.69 Å². The molecule has 2 heterocycles. The Morgan fingerprint density at radius 3 is 2.57 bits per heavy atom. The number of aromatic nitrogens is 2. The van der Waals surface area contributed by atoms with Gasteiger partial charge >= 0.3 is 0 Å². The Hall–Kier alpha value is -1.61. The molecule has 28 heavy (non-hydrogen) atoms. The van der Waals surface area contributed by atoms with Gasteiger partial charge in [0.2, 0.25) is 0 Å². The fraction of sp³-hybridized carbons (Fsp3) is 0.524. The van der Waals surface area contributed by atoms with Crippen LogP contribution in [0.4, 0.5) is 0 Å². The van der Waals surface area contributed by atoms with Crippen LogP contribution in [0.5, 0.6) is 0 Å². The number of hydrogen-bond donors (Lipinski definition) is 2. The summed E-state index contributed by atoms with van der Waals surface area (Å²) < 4.78 is 1.86. The summed E-state index contributed by atoms with van der Waals surface area (Å²) in [6.07, 6.45) is 7.57. The average Bonchev–Trinajstić information content (AvgIpc) is 3.24. The van der Waals surface area contributed by atoms with E-state index in [2.05, 4.69) is 56.8 Å². The van der Waals surface area contributed by atoms with Crippen LogP contribution in [0.1, 0.15) is 31.7 Å². The topological polar surface area (TPSA) is 57.5 Å². The molecule has 0 saturated carbocycles. The largest absolute Gasteiger partial charge is 0.356 e. The highest BCUT2D eigenvalue weighted by molar-refractivity contribution is 14.0. The van der Waals surface area contributed by atoms with Crippen LogP contribution in [-0.4, -0.2) is 53.9 Å². The lowest BCUT2D eigenvalue weighted by atomic mass is 9.99. The van der Waals surface area contributed by atoms with Gasteiger partial charge in [-0.2, -0.15) is 5.10 Å². The molecule has 1 fully saturated rings. The maximum atomic E-state index is 4.32. The zero-order valence-electron chi connectivity index (χ0n) is 17.0. The molecule has 0 bridgehead atoms. The zero-order valence-corrected chi connectivity index (χ0v) is 19.3. The highest BCUT2D eigenvalue weighted by Crippen LogP contribution is 2.15. The number of piperidine rings is 1. The number of nitrogens with one attached hydrogen (secondary N) is 2. The van der Waals surface area contributed by atoms with Gasteiger partial charge in [-0.25, -0.2) is 4.68 Å². The summed E-state index contributed by atoms with van der Waals surface area (Å²) in [7, 11) is 1.82. The molecule has 154 valence electrons. The molecule has 0 radical (unpaired) electrons. The summed E-state index contributed by atoms with van der Waals surface area (Å²) in [6, 6.07) is 10.3. The molecular weight excluding hydrogens is 463 g/mol. The molecular formula is C21H33IN6. The Morgan fingerprint density at radius 2 is 1.93 bits per heavy atom. The minimum absolute atomic E-state index is 0. The molecule has 2 N–H and O–H groups in total. The second-order valence-corrected chi connectivity index (χ2v) is 7.35. The number of guanidine groups is 1. The highest BCUT2D eigenvalue weighted by Gasteiger charge is 2.14. The molecule has 1 aliphatic heterocycles. The Kier molecular flexibility index (Phi) is 9.77. The second kappa shape index (κ2) is 12.1. The van der Waals surface area contributed by atoms with Crippen LogP contribution in [0.25, 0.3) is 5.69 Å². The Bertz CT molecular complexity index is 690. The third-order valence-electron chi connectivity index (χ3n) is 5.21. The van der Waals surface area contributed by atoms with E-state index in [9.17, 15) is 0 Å². The average molecular weight is 496 g/mol. The lowest BCUT2D eigenvalue weighted by Crippen LogP contribution is -2.39. The molecule has 1 saturated heterocycles. The van der Waals surface area contributed by atoms with Crippen LogP contribution in [-0.2, 0) is 6.54 Å². The summed E-state index contributed by atoms with van der Waals surface area (Å²) in [5.41, 5.74) is 2.29. The fourth-order valence-corrected chi connectivity index (χ4v) is 3.39. The van der Waals surface area contributed by atoms with Crippen LogP contribution in [0, 0.1) is 5.92 Å². The molecule has 1 aromatic heterocycles. The SMILES string of the molecule is CN=C(NCCCN1CCC(C)CC1)NCc1ccc(-n2cccn2)cc1.I. The molecule has 3 rings (SSSR count). The van der Waals surface area contributed by atoms with Crippen molar-refractivity contribution in [2.24, 2.45) is 10.9 Å². The van der Waals surface area contributed by atoms with Gasteiger partial charge < -0.3 is 15.5 Å². The van der Waals surface area contributed by atoms with Crippen LogP contribution in [0.15, 0.2) is 47.7 Å². The van der Waals surface area contributed by atoms with Gasteiger partial charge in [0.25, 0.3) is 0 Å². The highest BCUT2D eigenvalue weighted by atomic mass is 127. The molecule has 2 aromatic rings. The van der Waals surface area contributed by atoms with Gasteiger partial charge in [-0.05, 0) is 68.6 Å². The molecule has 7 heteroatoms. The Morgan fingerprint density at radius 1 is 1.18 bits per heavy atom. The van der Waals surface area contributed by atoms with E-state index < -0.39 is 0 Å². The summed E-state index contributed by atoms with van der Waals surface area (Å²) in [5.74, 6) is 1.76. The summed E-state index contributed by atoms with van der Waals surface area (Å²) in [6.45, 7) is 7.74. The van der Waals surface area contributed by atoms with E-state index in [1.54, 1.807) is 6.20 Å². The molecule has 1 aromatic carbocycles. The van der Waals surface area contributed by atoms with E-state index in [4.69, 9.17) is 0 Å². The van der Waals surface area contributed by atoms with Crippen molar-refractivity contribution in [3.05, 3.63) is 48.3 Å². The van der Waals surface area contributed by atoms with Crippen molar-refractivity contribution in [2.75, 3.05) is 33.2 Å². The minimum Gasteiger partial charge on any atom is -0.356 e. The van der Waals surface area contributed by atoms with Crippen molar-refractivity contribution >= 4 is 29.9 Å². The molecule has 0 atom stereocenters. The van der Waals surface area contributed by atoms with Crippen molar-refractivity contribution < 1.29 is 0 Å². The number of benzene rings is 1. The fourth-order valence-electron chi connectivity index (χ4n) is 3.39. The van der Waals surface area contributed by atoms with E-state index in [0.29, 0.717) is 0 Å². The molecule has 0 spiro atoms. The predicted molar refractivity (Wildman–Crippen MR) is 127 cm³/mol. The Labute approximate surface area is 185 Å². The quantitative estimate of drug-likeness (QED) is 0.268. The predicted octanol–water partition coefficient (Wildman–Crippen LogP) is 3.28. The third kappa shape index (κ3) is 7.09. The van der Waals surface area contributed by atoms with Gasteiger partial charge in [-0.15, -0.1) is 24.0 Å². The van der Waals surface area contributed by atoms with Gasteiger partial charge in [0.15, 0.2) is 5.96 Å². The lowest BCUT2D eigenvalue weighted by molar-refractivity contribution is 0.191. The summed E-state index contributed by atoms with van der Waals surface area (Å²) in [4.78, 5) is 6.90. The van der Waals surface area contributed by atoms with Crippen LogP contribution in [0.3, 0.4) is 0 Å². The number of rotatable bonds is 7. The normalized spacial score (nSPS) is 15.9. The van der Waals surface area contributed by atoms with Crippen LogP contribution >= 0.6 is 24.0 Å². The van der Waals surface area contributed by atoms with E-state index in [0.717, 1.165) is 37.1 Å². The van der Waals surface area contributed by atoms with Gasteiger partial charge in [0.05, 0.1) is 5.69 Å². The number of halogens is 1. The first-order chi connectivity index (χ1) is 13.2. The maximum absolute atomic E-state index is 4.32. The van der Waals surface area contributed by atoms with Crippen molar-refractivity contribution in [1.82, 2.24) is 25.3 Å². The molecule has 1 aliphatic rings. The lowest BCUT2D eigenvalue weighted by Gasteiger charge is -2.30. The monoisotopic (exact) mass is 496 g/mol. The number of nitrogens with zero attached hydrogens (tertiary/aromatic N) is 4. The number of aliphatic imine (C=N–C) groups is 1. The zero-order chi connectivity index (χ0) is 18.9. The van der Waals surface area contributed by atoms with Crippen molar-refractivity contribution in [3.63, 3.8) is 0 Å². The first kappa shape index (κ1) is 22.7. The van der Waals surface area contributed by atoms with Gasteiger partial charge in [0, 0.05) is 32.5 Å². The molecule has 0 amide bonds. The van der Waals surface area contributed by atoms with Crippen LogP contribution in [0.2, 0.25) is 0 Å². The van der Waals surface area contributed by atoms with Crippen molar-refractivity contribution in [2.45, 2.75) is 32.7 Å². The van der Waals surface area contributed by atoms with E-state index in [-0.39, 0.29) is 24.0 Å². The molecule has 6 nitrogen and oxygen atoms in total. The second-order valence-electron chi connectivity index (χ2n) is 7.35. The van der Waals surface area contributed by atoms with Crippen molar-refractivity contribution in [1.29, 1.82) is 0 Å². The number of hydrogen-bond acceptors (Lipinski definition) is 3. The molecule has 0 aliphatic carbocycles. The van der Waals surface area contributed by atoms with Gasteiger partial charge in [-0.1, -0.05) is 19.1 Å². The van der Waals surface area contributed by atoms with Gasteiger partial charge in [-0.3, -0.25) is 4.99 Å². The van der Waals surface area contributed by atoms with Crippen LogP contribution < -0.4 is 10.6 Å².